The Hall–Kier alpha value is -5.87. The van der Waals surface area contributed by atoms with E-state index in [4.69, 9.17) is 15.7 Å². The van der Waals surface area contributed by atoms with Gasteiger partial charge in [0.1, 0.15) is 17.5 Å². The number of fused-ring (bicyclic) bond motifs is 1. The molecule has 15 heteroatoms. The van der Waals surface area contributed by atoms with Crippen molar-refractivity contribution in [3.63, 3.8) is 0 Å². The molecular weight excluding hydrogens is 971 g/mol. The smallest absolute Gasteiger partial charge is 0.321 e. The minimum atomic E-state index is -2.34. The van der Waals surface area contributed by atoms with Gasteiger partial charge in [-0.05, 0) is 67.6 Å². The molecule has 7 rings (SSSR count). The average molecular weight is 1050 g/mol. The molecule has 362 valence electrons. The zero-order valence-corrected chi connectivity index (χ0v) is 45.7. The summed E-state index contributed by atoms with van der Waals surface area (Å²) < 4.78 is 6.99. The van der Waals surface area contributed by atoms with Crippen LogP contribution in [0.4, 0.5) is 33.2 Å². The summed E-state index contributed by atoms with van der Waals surface area (Å²) in [5.74, 6) is 3.58. The number of anilines is 5. The van der Waals surface area contributed by atoms with Crippen LogP contribution < -0.4 is 34.8 Å². The molecule has 0 aliphatic carbocycles. The molecule has 0 fully saturated rings. The molecule has 4 N–H and O–H groups in total. The molecule has 6 aromatic heterocycles. The van der Waals surface area contributed by atoms with E-state index in [1.807, 2.05) is 118 Å². The van der Waals surface area contributed by atoms with Gasteiger partial charge >= 0.3 is 149 Å². The van der Waals surface area contributed by atoms with E-state index in [-0.39, 0.29) is 6.03 Å². The molecular formula is C53H74N12OSSn. The van der Waals surface area contributed by atoms with E-state index in [1.165, 1.54) is 66.9 Å². The van der Waals surface area contributed by atoms with Gasteiger partial charge in [0.15, 0.2) is 5.13 Å². The van der Waals surface area contributed by atoms with Crippen LogP contribution in [0.1, 0.15) is 66.2 Å². The van der Waals surface area contributed by atoms with E-state index < -0.39 is 18.4 Å². The molecule has 0 bridgehead atoms. The van der Waals surface area contributed by atoms with Gasteiger partial charge in [-0.1, -0.05) is 35.6 Å². The van der Waals surface area contributed by atoms with Gasteiger partial charge in [-0.15, -0.1) is 0 Å². The minimum Gasteiger partial charge on any atom is -0.384 e. The van der Waals surface area contributed by atoms with Gasteiger partial charge in [-0.25, -0.2) is 24.7 Å². The molecule has 7 aromatic rings. The number of benzene rings is 1. The van der Waals surface area contributed by atoms with E-state index in [9.17, 15) is 4.79 Å². The fraction of sp³-hybridized carbons (Fsp3) is 0.377. The maximum Gasteiger partial charge on any atom is 0.321 e. The molecule has 2 amide bonds. The summed E-state index contributed by atoms with van der Waals surface area (Å²) in [5, 5.41) is 6.08. The topological polar surface area (TPSA) is 154 Å². The zero-order chi connectivity index (χ0) is 49.3. The summed E-state index contributed by atoms with van der Waals surface area (Å²) in [6.45, 7) is 9.42. The Labute approximate surface area is 414 Å². The van der Waals surface area contributed by atoms with Crippen molar-refractivity contribution in [2.24, 2.45) is 0 Å². The fourth-order valence-corrected chi connectivity index (χ4v) is 23.8. The van der Waals surface area contributed by atoms with Gasteiger partial charge in [-0.3, -0.25) is 10.3 Å². The number of nitrogens with zero attached hydrogens (tertiary/aromatic N) is 9. The molecule has 0 atom stereocenters. The van der Waals surface area contributed by atoms with Gasteiger partial charge in [0.2, 0.25) is 0 Å². The van der Waals surface area contributed by atoms with Crippen LogP contribution in [0.5, 0.6) is 0 Å². The first-order valence-corrected chi connectivity index (χ1v) is 32.1. The molecule has 1 aromatic carbocycles. The van der Waals surface area contributed by atoms with Crippen LogP contribution in [0.25, 0.3) is 32.7 Å². The molecule has 68 heavy (non-hydrogen) atoms. The largest absolute Gasteiger partial charge is 0.384 e. The van der Waals surface area contributed by atoms with Gasteiger partial charge in [0.05, 0.1) is 21.6 Å². The monoisotopic (exact) mass is 1050 g/mol. The number of nitrogen functional groups attached to an aromatic ring is 1. The van der Waals surface area contributed by atoms with Gasteiger partial charge in [0, 0.05) is 64.5 Å². The molecule has 0 unspecified atom stereocenters. The predicted molar refractivity (Wildman–Crippen MR) is 293 cm³/mol. The number of thiazole rings is 1. The number of rotatable bonds is 17. The van der Waals surface area contributed by atoms with Crippen molar-refractivity contribution >= 4 is 78.1 Å². The van der Waals surface area contributed by atoms with E-state index >= 15 is 0 Å². The van der Waals surface area contributed by atoms with Crippen molar-refractivity contribution in [1.29, 1.82) is 0 Å². The summed E-state index contributed by atoms with van der Waals surface area (Å²) in [5.41, 5.74) is 9.65. The normalized spacial score (nSPS) is 10.6. The Bertz CT molecular complexity index is 2480. The number of hydrogen-bond acceptors (Lipinski definition) is 12. The molecule has 0 radical (unpaired) electrons. The fourth-order valence-electron chi connectivity index (χ4n) is 7.35. The van der Waals surface area contributed by atoms with Crippen LogP contribution in [0.15, 0.2) is 122 Å². The number of aromatic nitrogens is 6. The molecule has 0 saturated heterocycles. The van der Waals surface area contributed by atoms with Crippen molar-refractivity contribution in [3.05, 3.63) is 122 Å². The van der Waals surface area contributed by atoms with Crippen LogP contribution >= 0.6 is 11.3 Å². The third kappa shape index (κ3) is 17.3. The zero-order valence-electron chi connectivity index (χ0n) is 42.0. The van der Waals surface area contributed by atoms with Crippen molar-refractivity contribution in [2.75, 3.05) is 74.6 Å². The van der Waals surface area contributed by atoms with Crippen molar-refractivity contribution < 1.29 is 4.79 Å². The number of urea groups is 1. The Morgan fingerprint density at radius 1 is 0.603 bits per heavy atom. The third-order valence-corrected chi connectivity index (χ3v) is 27.2. The van der Waals surface area contributed by atoms with E-state index in [0.717, 1.165) is 50.2 Å². The summed E-state index contributed by atoms with van der Waals surface area (Å²) in [6.07, 6.45) is 13.4. The second kappa shape index (κ2) is 29.1. The Morgan fingerprint density at radius 2 is 1.15 bits per heavy atom. The maximum atomic E-state index is 12.0. The van der Waals surface area contributed by atoms with Gasteiger partial charge < -0.3 is 20.9 Å². The van der Waals surface area contributed by atoms with Crippen molar-refractivity contribution in [3.8, 4) is 22.5 Å². The summed E-state index contributed by atoms with van der Waals surface area (Å²) >= 11 is -0.904. The summed E-state index contributed by atoms with van der Waals surface area (Å²) in [7, 11) is 12.1. The number of amides is 2. The van der Waals surface area contributed by atoms with Crippen LogP contribution in [0, 0.1) is 0 Å². The van der Waals surface area contributed by atoms with Crippen LogP contribution in [-0.4, -0.2) is 103 Å². The Balaban J connectivity index is 0.000000229. The second-order valence-electron chi connectivity index (χ2n) is 17.1. The third-order valence-electron chi connectivity index (χ3n) is 11.0. The van der Waals surface area contributed by atoms with Crippen molar-refractivity contribution in [1.82, 2.24) is 35.2 Å². The minimum absolute atomic E-state index is 0.268. The number of nitrogens with one attached hydrogen (secondary N) is 2. The number of hydrogen-bond donors (Lipinski definition) is 3. The molecule has 0 aliphatic heterocycles. The predicted octanol–water partition coefficient (Wildman–Crippen LogP) is 11.6. The first-order valence-electron chi connectivity index (χ1n) is 23.8. The van der Waals surface area contributed by atoms with Gasteiger partial charge in [0.25, 0.3) is 0 Å². The van der Waals surface area contributed by atoms with Crippen LogP contribution in [0.3, 0.4) is 0 Å². The second-order valence-corrected chi connectivity index (χ2v) is 31.1. The SMILES string of the molecule is CCC[CH2][Sn]([CH2]CCC)([CH2]CCC)[c]1cccc(N(C)C)n1.CCNC(=O)Nc1nc2cc(-c3ccccn3)cc(-c3cccc(N(C)C)n3)c2s1.CN(C)c1ccccn1.Nc1ccccn1. The van der Waals surface area contributed by atoms with Crippen LogP contribution in [-0.2, 0) is 0 Å². The van der Waals surface area contributed by atoms with E-state index in [2.05, 4.69) is 94.6 Å². The molecule has 0 spiro atoms. The summed E-state index contributed by atoms with van der Waals surface area (Å²) in [4.78, 5) is 45.0. The number of carbonyl (C=O) groups excluding carboxylic acids is 1. The number of pyridine rings is 5. The standard InChI is InChI=1S/C22H22N6OS.C7H10N2.C7H9N2.C5H6N2.3C4H9.Sn/c1-4-23-21(29)27-22-26-18-13-14(16-8-5-6-11-24-16)12-15(20(18)30-22)17-9-7-10-19(25-17)28(2)3;2*1-9(2)7-5-3-4-6-8-7;6-5-3-1-2-4-7-5;3*1-3-4-2;/h5-13H,4H2,1-3H3,(H2,23,26,27,29);3-6H,1-2H3;3-5H,1-2H3;1-4H,(H2,6,7);3*1,3-4H2,2H3;. The van der Waals surface area contributed by atoms with Crippen molar-refractivity contribution in [2.45, 2.75) is 79.5 Å². The number of carbonyl (C=O) groups is 1. The average Bonchev–Trinajstić information content (AvgIpc) is 3.77. The maximum absolute atomic E-state index is 12.0. The molecule has 6 heterocycles. The van der Waals surface area contributed by atoms with Gasteiger partial charge in [-0.2, -0.15) is 0 Å². The molecule has 0 aliphatic rings. The first-order chi connectivity index (χ1) is 32.8. The summed E-state index contributed by atoms with van der Waals surface area (Å²) in [6, 6.07) is 33.6. The van der Waals surface area contributed by atoms with E-state index in [0.29, 0.717) is 17.5 Å². The molecule has 0 saturated carbocycles. The first kappa shape index (κ1) is 54.7. The Kier molecular flexibility index (Phi) is 23.4. The number of nitrogens with two attached hydrogens (primary N) is 1. The quantitative estimate of drug-likeness (QED) is 0.0747. The molecule has 13 nitrogen and oxygen atoms in total. The number of unbranched alkanes of at least 4 members (excludes halogenated alkanes) is 3. The van der Waals surface area contributed by atoms with E-state index in [1.54, 1.807) is 24.7 Å². The van der Waals surface area contributed by atoms with Crippen LogP contribution in [0.2, 0.25) is 13.3 Å². The Morgan fingerprint density at radius 3 is 1.63 bits per heavy atom.